The lowest BCUT2D eigenvalue weighted by molar-refractivity contribution is -0.117. The first kappa shape index (κ1) is 26.9. The van der Waals surface area contributed by atoms with Gasteiger partial charge in [0.1, 0.15) is 4.88 Å². The van der Waals surface area contributed by atoms with Gasteiger partial charge in [0.15, 0.2) is 28.1 Å². The van der Waals surface area contributed by atoms with Crippen molar-refractivity contribution >= 4 is 34.1 Å². The summed E-state index contributed by atoms with van der Waals surface area (Å²) in [6, 6.07) is 6.98. The minimum Gasteiger partial charge on any atom is -0.503 e. The molecule has 1 aliphatic heterocycles. The monoisotopic (exact) mass is 540 g/mol. The van der Waals surface area contributed by atoms with Gasteiger partial charge < -0.3 is 23.7 Å². The third-order valence-electron chi connectivity index (χ3n) is 5.90. The van der Waals surface area contributed by atoms with Crippen molar-refractivity contribution in [1.29, 1.82) is 0 Å². The highest BCUT2D eigenvalue weighted by atomic mass is 32.1. The van der Waals surface area contributed by atoms with Gasteiger partial charge in [-0.2, -0.15) is 0 Å². The second-order valence-corrected chi connectivity index (χ2v) is 9.37. The summed E-state index contributed by atoms with van der Waals surface area (Å²) in [5, 5.41) is 11.1. The number of hydrogen-bond acceptors (Lipinski definition) is 10. The third-order valence-corrected chi connectivity index (χ3v) is 7.04. The highest BCUT2D eigenvalue weighted by molar-refractivity contribution is 7.17. The standard InChI is InChI=1S/C27H28N2O8S/c1-5-7-12-36-17-11-10-16(14-19(17)35-6-2)21-20(22(30)18-9-8-13-37-18)23(31)25(32)29(21)27-28-15(3)24(38-27)26(33)34-4/h8-11,13-14,21,31H,5-7,12H2,1-4H3. The van der Waals surface area contributed by atoms with Crippen molar-refractivity contribution in [3.05, 3.63) is 69.8 Å². The Labute approximate surface area is 223 Å². The highest BCUT2D eigenvalue weighted by Crippen LogP contribution is 2.45. The predicted octanol–water partition coefficient (Wildman–Crippen LogP) is 5.19. The van der Waals surface area contributed by atoms with Gasteiger partial charge in [0, 0.05) is 0 Å². The lowest BCUT2D eigenvalue weighted by Crippen LogP contribution is -2.31. The van der Waals surface area contributed by atoms with Gasteiger partial charge in [-0.3, -0.25) is 14.5 Å². The number of hydrogen-bond donors (Lipinski definition) is 1. The Hall–Kier alpha value is -4.12. The van der Waals surface area contributed by atoms with Crippen molar-refractivity contribution in [2.75, 3.05) is 25.2 Å². The van der Waals surface area contributed by atoms with Crippen LogP contribution in [0.1, 0.15) is 64.2 Å². The zero-order valence-electron chi connectivity index (χ0n) is 21.5. The van der Waals surface area contributed by atoms with Crippen LogP contribution in [0, 0.1) is 6.92 Å². The van der Waals surface area contributed by atoms with E-state index in [1.807, 2.05) is 6.92 Å². The minimum absolute atomic E-state index is 0.0404. The maximum Gasteiger partial charge on any atom is 0.350 e. The number of benzene rings is 1. The molecule has 0 saturated carbocycles. The number of thiazole rings is 1. The fraction of sp³-hybridized carbons (Fsp3) is 0.333. The SMILES string of the molecule is CCCCOc1ccc(C2C(C(=O)c3ccco3)=C(O)C(=O)N2c2nc(C)c(C(=O)OC)s2)cc1OCC. The number of rotatable bonds is 11. The molecule has 1 amide bonds. The van der Waals surface area contributed by atoms with Crippen molar-refractivity contribution in [1.82, 2.24) is 4.98 Å². The van der Waals surface area contributed by atoms with E-state index in [-0.39, 0.29) is 21.3 Å². The number of aliphatic hydroxyl groups excluding tert-OH is 1. The first-order chi connectivity index (χ1) is 18.3. The van der Waals surface area contributed by atoms with Crippen LogP contribution in [0.5, 0.6) is 11.5 Å². The molecule has 0 fully saturated rings. The maximum atomic E-state index is 13.5. The Kier molecular flexibility index (Phi) is 8.16. The minimum atomic E-state index is -1.08. The summed E-state index contributed by atoms with van der Waals surface area (Å²) in [5.41, 5.74) is 0.638. The van der Waals surface area contributed by atoms with Crippen LogP contribution >= 0.6 is 11.3 Å². The quantitative estimate of drug-likeness (QED) is 0.198. The Balaban J connectivity index is 1.85. The number of methoxy groups -OCH3 is 1. The van der Waals surface area contributed by atoms with Crippen LogP contribution in [0.15, 0.2) is 52.3 Å². The molecule has 0 spiro atoms. The molecule has 1 aliphatic rings. The van der Waals surface area contributed by atoms with Gasteiger partial charge in [-0.05, 0) is 50.1 Å². The fourth-order valence-corrected chi connectivity index (χ4v) is 5.08. The molecule has 3 aromatic rings. The number of Topliss-reactive ketones (excluding diaryl/α,β-unsaturated/α-hetero) is 1. The second-order valence-electron chi connectivity index (χ2n) is 8.39. The number of amides is 1. The number of carbonyl (C=O) groups is 3. The number of aromatic nitrogens is 1. The number of esters is 1. The molecule has 3 heterocycles. The van der Waals surface area contributed by atoms with Crippen LogP contribution in [0.2, 0.25) is 0 Å². The molecule has 1 aromatic carbocycles. The summed E-state index contributed by atoms with van der Waals surface area (Å²) in [5.74, 6) is -1.93. The Morgan fingerprint density at radius 3 is 2.63 bits per heavy atom. The second kappa shape index (κ2) is 11.5. The largest absolute Gasteiger partial charge is 0.503 e. The van der Waals surface area contributed by atoms with Gasteiger partial charge in [-0.1, -0.05) is 30.7 Å². The number of carbonyl (C=O) groups excluding carboxylic acids is 3. The van der Waals surface area contributed by atoms with E-state index in [0.717, 1.165) is 24.2 Å². The van der Waals surface area contributed by atoms with Crippen molar-refractivity contribution in [3.8, 4) is 11.5 Å². The summed E-state index contributed by atoms with van der Waals surface area (Å²) >= 11 is 0.927. The van der Waals surface area contributed by atoms with E-state index in [0.29, 0.717) is 36.0 Å². The normalized spacial score (nSPS) is 15.2. The average molecular weight is 541 g/mol. The van der Waals surface area contributed by atoms with Crippen molar-refractivity contribution in [2.24, 2.45) is 0 Å². The van der Waals surface area contributed by atoms with E-state index >= 15 is 0 Å². The van der Waals surface area contributed by atoms with Gasteiger partial charge in [-0.15, -0.1) is 0 Å². The highest BCUT2D eigenvalue weighted by Gasteiger charge is 2.47. The molecule has 200 valence electrons. The van der Waals surface area contributed by atoms with E-state index in [1.165, 1.54) is 30.4 Å². The van der Waals surface area contributed by atoms with E-state index in [4.69, 9.17) is 18.6 Å². The molecule has 2 aromatic heterocycles. The third kappa shape index (κ3) is 5.01. The van der Waals surface area contributed by atoms with Crippen LogP contribution in [-0.4, -0.2) is 48.1 Å². The van der Waals surface area contributed by atoms with Crippen LogP contribution in [-0.2, 0) is 9.53 Å². The van der Waals surface area contributed by atoms with Crippen LogP contribution < -0.4 is 14.4 Å². The first-order valence-electron chi connectivity index (χ1n) is 12.1. The summed E-state index contributed by atoms with van der Waals surface area (Å²) in [6.07, 6.45) is 3.16. The van der Waals surface area contributed by atoms with Crippen molar-refractivity contribution < 1.29 is 38.1 Å². The molecule has 4 rings (SSSR count). The summed E-state index contributed by atoms with van der Waals surface area (Å²) in [7, 11) is 1.25. The molecule has 1 N–H and O–H groups in total. The fourth-order valence-electron chi connectivity index (χ4n) is 4.07. The number of ketones is 1. The molecule has 11 heteroatoms. The molecule has 10 nitrogen and oxygen atoms in total. The summed E-state index contributed by atoms with van der Waals surface area (Å²) in [4.78, 5) is 44.9. The van der Waals surface area contributed by atoms with Crippen LogP contribution in [0.4, 0.5) is 5.13 Å². The van der Waals surface area contributed by atoms with E-state index in [9.17, 15) is 19.5 Å². The molecular formula is C27H28N2O8S. The number of furan rings is 1. The number of ether oxygens (including phenoxy) is 3. The number of aliphatic hydroxyl groups is 1. The van der Waals surface area contributed by atoms with Crippen molar-refractivity contribution in [3.63, 3.8) is 0 Å². The zero-order valence-corrected chi connectivity index (χ0v) is 22.3. The van der Waals surface area contributed by atoms with Crippen LogP contribution in [0.25, 0.3) is 0 Å². The van der Waals surface area contributed by atoms with Gasteiger partial charge in [0.05, 0.1) is 43.9 Å². The average Bonchev–Trinajstić information content (AvgIpc) is 3.64. The van der Waals surface area contributed by atoms with E-state index in [2.05, 4.69) is 11.9 Å². The van der Waals surface area contributed by atoms with Gasteiger partial charge in [-0.25, -0.2) is 9.78 Å². The molecular weight excluding hydrogens is 512 g/mol. The van der Waals surface area contributed by atoms with Crippen molar-refractivity contribution in [2.45, 2.75) is 39.7 Å². The first-order valence-corrected chi connectivity index (χ1v) is 12.9. The van der Waals surface area contributed by atoms with Crippen LogP contribution in [0.3, 0.4) is 0 Å². The van der Waals surface area contributed by atoms with Gasteiger partial charge in [0.2, 0.25) is 5.78 Å². The number of nitrogens with zero attached hydrogens (tertiary/aromatic N) is 2. The Morgan fingerprint density at radius 2 is 1.97 bits per heavy atom. The maximum absolute atomic E-state index is 13.5. The number of anilines is 1. The molecule has 0 bridgehead atoms. The molecule has 0 radical (unpaired) electrons. The summed E-state index contributed by atoms with van der Waals surface area (Å²) in [6.45, 7) is 6.36. The zero-order chi connectivity index (χ0) is 27.4. The summed E-state index contributed by atoms with van der Waals surface area (Å²) < 4.78 is 21.8. The predicted molar refractivity (Wildman–Crippen MR) is 139 cm³/mol. The Morgan fingerprint density at radius 1 is 1.18 bits per heavy atom. The topological polar surface area (TPSA) is 128 Å². The smallest absolute Gasteiger partial charge is 0.350 e. The number of aryl methyl sites for hydroxylation is 1. The van der Waals surface area contributed by atoms with E-state index < -0.39 is 29.5 Å². The van der Waals surface area contributed by atoms with E-state index in [1.54, 1.807) is 25.1 Å². The molecule has 0 saturated heterocycles. The molecule has 1 atom stereocenters. The lowest BCUT2D eigenvalue weighted by Gasteiger charge is -2.25. The molecule has 1 unspecified atom stereocenters. The van der Waals surface area contributed by atoms with Gasteiger partial charge in [0.25, 0.3) is 5.91 Å². The van der Waals surface area contributed by atoms with Gasteiger partial charge >= 0.3 is 5.97 Å². The Bertz CT molecular complexity index is 1380. The molecule has 38 heavy (non-hydrogen) atoms. The molecule has 0 aliphatic carbocycles. The number of unbranched alkanes of at least 4 members (excludes halogenated alkanes) is 1. The lowest BCUT2D eigenvalue weighted by atomic mass is 9.95.